The van der Waals surface area contributed by atoms with Crippen molar-refractivity contribution in [1.29, 1.82) is 0 Å². The summed E-state index contributed by atoms with van der Waals surface area (Å²) in [6, 6.07) is 11.7. The van der Waals surface area contributed by atoms with Crippen LogP contribution in [0.3, 0.4) is 0 Å². The Kier molecular flexibility index (Phi) is 9.32. The minimum atomic E-state index is -1.41. The lowest BCUT2D eigenvalue weighted by molar-refractivity contribution is -0.141. The minimum Gasteiger partial charge on any atom is -0.453 e. The molecule has 2 aromatic rings. The molecular weight excluding hydrogens is 536 g/mol. The predicted molar refractivity (Wildman–Crippen MR) is 150 cm³/mol. The summed E-state index contributed by atoms with van der Waals surface area (Å²) < 4.78 is 4.67. The molecule has 2 aliphatic rings. The van der Waals surface area contributed by atoms with Gasteiger partial charge in [-0.1, -0.05) is 53.6 Å². The van der Waals surface area contributed by atoms with Crippen LogP contribution in [0.4, 0.5) is 9.59 Å². The van der Waals surface area contributed by atoms with E-state index in [0.717, 1.165) is 16.7 Å². The van der Waals surface area contributed by atoms with Gasteiger partial charge in [0, 0.05) is 36.1 Å². The second-order valence-electron chi connectivity index (χ2n) is 10.4. The number of hydrogen-bond donors (Lipinski definition) is 4. The molecule has 0 spiro atoms. The number of urea groups is 1. The summed E-state index contributed by atoms with van der Waals surface area (Å²) in [4.78, 5) is 50.3. The fourth-order valence-corrected chi connectivity index (χ4v) is 5.99. The lowest BCUT2D eigenvalue weighted by atomic mass is 9.72. The highest BCUT2D eigenvalue weighted by atomic mass is 35.5. The van der Waals surface area contributed by atoms with Crippen LogP contribution in [0.1, 0.15) is 43.2 Å². The lowest BCUT2D eigenvalue weighted by Gasteiger charge is -2.44. The Balaban J connectivity index is 1.68. The first-order valence-electron chi connectivity index (χ1n) is 13.4. The third-order valence-electron chi connectivity index (χ3n) is 7.63. The number of carbonyl (C=O) groups is 4. The number of carbonyl (C=O) groups excluding carboxylic acids is 4. The zero-order valence-corrected chi connectivity index (χ0v) is 23.4. The summed E-state index contributed by atoms with van der Waals surface area (Å²) >= 11 is 6.76. The first-order valence-corrected chi connectivity index (χ1v) is 13.8. The number of nitrogens with zero attached hydrogens (tertiary/aromatic N) is 1. The quantitative estimate of drug-likeness (QED) is 0.359. The molecule has 3 atom stereocenters. The van der Waals surface area contributed by atoms with Gasteiger partial charge in [0.15, 0.2) is 0 Å². The number of nitrogens with one attached hydrogen (secondary N) is 3. The van der Waals surface area contributed by atoms with Crippen LogP contribution in [-0.2, 0) is 19.9 Å². The molecule has 3 unspecified atom stereocenters. The van der Waals surface area contributed by atoms with E-state index in [-0.39, 0.29) is 37.8 Å². The molecule has 4 N–H and O–H groups in total. The fourth-order valence-electron chi connectivity index (χ4n) is 5.70. The van der Waals surface area contributed by atoms with Crippen molar-refractivity contribution < 1.29 is 29.0 Å². The van der Waals surface area contributed by atoms with Crippen LogP contribution in [0.5, 0.6) is 0 Å². The molecule has 2 fully saturated rings. The molecule has 0 saturated carbocycles. The van der Waals surface area contributed by atoms with Crippen molar-refractivity contribution in [2.75, 3.05) is 26.7 Å². The highest BCUT2D eigenvalue weighted by Crippen LogP contribution is 2.45. The molecule has 11 heteroatoms. The number of methoxy groups -OCH3 is 1. The first-order chi connectivity index (χ1) is 19.1. The van der Waals surface area contributed by atoms with E-state index in [1.165, 1.54) is 7.11 Å². The van der Waals surface area contributed by atoms with Crippen molar-refractivity contribution >= 4 is 35.5 Å². The number of amides is 5. The third kappa shape index (κ3) is 6.56. The number of halogens is 1. The smallest absolute Gasteiger partial charge is 0.406 e. The van der Waals surface area contributed by atoms with E-state index in [9.17, 15) is 24.3 Å². The maximum Gasteiger partial charge on any atom is 0.406 e. The Morgan fingerprint density at radius 3 is 2.73 bits per heavy atom. The maximum atomic E-state index is 13.4. The Labute approximate surface area is 238 Å². The van der Waals surface area contributed by atoms with Gasteiger partial charge in [0.25, 0.3) is 0 Å². The Bertz CT molecular complexity index is 1270. The number of piperidine rings is 1. The summed E-state index contributed by atoms with van der Waals surface area (Å²) in [5, 5.41) is 20.4. The second-order valence-corrected chi connectivity index (χ2v) is 10.8. The number of alkyl carbamates (subject to hydrolysis) is 1. The van der Waals surface area contributed by atoms with Gasteiger partial charge in [-0.25, -0.2) is 9.59 Å². The largest absolute Gasteiger partial charge is 0.453 e. The molecule has 2 aliphatic heterocycles. The number of likely N-dealkylation sites (tertiary alicyclic amines) is 1. The van der Waals surface area contributed by atoms with E-state index in [1.807, 2.05) is 37.3 Å². The standard InChI is InChI=1S/C29H35ClN4O6/c1-18-7-3-8-19(15-18)25-21(10-4-11-22(25)30)29(39,12-6-13-31-28(38)40-2)20-9-5-14-34(17-20)26(36)23-16-24(35)33-27(37)32-23/h3-4,7-8,10-11,15,20,23,39H,5-6,9,12-14,16-17H2,1-2H3,(H,31,38)(H2,32,33,35,37). The summed E-state index contributed by atoms with van der Waals surface area (Å²) in [5.41, 5.74) is 1.87. The van der Waals surface area contributed by atoms with Gasteiger partial charge in [0.05, 0.1) is 19.1 Å². The summed E-state index contributed by atoms with van der Waals surface area (Å²) in [5.74, 6) is -1.24. The first kappa shape index (κ1) is 29.4. The van der Waals surface area contributed by atoms with Crippen molar-refractivity contribution in [1.82, 2.24) is 20.9 Å². The Morgan fingerprint density at radius 2 is 2.00 bits per heavy atom. The molecule has 2 aromatic carbocycles. The molecule has 214 valence electrons. The van der Waals surface area contributed by atoms with Crippen molar-refractivity contribution in [2.45, 2.75) is 50.7 Å². The van der Waals surface area contributed by atoms with E-state index in [0.29, 0.717) is 36.4 Å². The van der Waals surface area contributed by atoms with Crippen molar-refractivity contribution in [2.24, 2.45) is 5.92 Å². The minimum absolute atomic E-state index is 0.138. The van der Waals surface area contributed by atoms with Gasteiger partial charge in [0.2, 0.25) is 11.8 Å². The van der Waals surface area contributed by atoms with Gasteiger partial charge in [-0.05, 0) is 49.8 Å². The van der Waals surface area contributed by atoms with Crippen LogP contribution in [0, 0.1) is 12.8 Å². The molecule has 40 heavy (non-hydrogen) atoms. The molecule has 4 rings (SSSR count). The van der Waals surface area contributed by atoms with E-state index in [4.69, 9.17) is 11.6 Å². The zero-order valence-electron chi connectivity index (χ0n) is 22.7. The van der Waals surface area contributed by atoms with Crippen LogP contribution < -0.4 is 16.0 Å². The summed E-state index contributed by atoms with van der Waals surface area (Å²) in [6.45, 7) is 2.95. The molecule has 0 aliphatic carbocycles. The fraction of sp³-hybridized carbons (Fsp3) is 0.448. The Morgan fingerprint density at radius 1 is 1.23 bits per heavy atom. The van der Waals surface area contributed by atoms with E-state index >= 15 is 0 Å². The SMILES string of the molecule is COC(=O)NCCCC(O)(c1cccc(Cl)c1-c1cccc(C)c1)C1CCCN(C(=O)C2CC(=O)NC(=O)N2)C1. The van der Waals surface area contributed by atoms with E-state index in [2.05, 4.69) is 20.7 Å². The molecule has 2 heterocycles. The number of ether oxygens (including phenoxy) is 1. The van der Waals surface area contributed by atoms with Crippen LogP contribution in [0.2, 0.25) is 5.02 Å². The summed E-state index contributed by atoms with van der Waals surface area (Å²) in [7, 11) is 1.29. The predicted octanol–water partition coefficient (Wildman–Crippen LogP) is 3.48. The van der Waals surface area contributed by atoms with Crippen LogP contribution >= 0.6 is 11.6 Å². The molecule has 0 aromatic heterocycles. The highest BCUT2D eigenvalue weighted by Gasteiger charge is 2.44. The topological polar surface area (TPSA) is 137 Å². The Hall–Kier alpha value is -3.63. The molecular formula is C29H35ClN4O6. The van der Waals surface area contributed by atoms with Gasteiger partial charge in [-0.3, -0.25) is 14.9 Å². The number of aryl methyl sites for hydroxylation is 1. The molecule has 0 bridgehead atoms. The van der Waals surface area contributed by atoms with Gasteiger partial charge < -0.3 is 25.4 Å². The van der Waals surface area contributed by atoms with E-state index in [1.54, 1.807) is 17.0 Å². The van der Waals surface area contributed by atoms with Gasteiger partial charge in [0.1, 0.15) is 6.04 Å². The van der Waals surface area contributed by atoms with Crippen LogP contribution in [-0.4, -0.2) is 66.7 Å². The number of benzene rings is 2. The molecule has 2 saturated heterocycles. The number of aliphatic hydroxyl groups is 1. The average molecular weight is 571 g/mol. The second kappa shape index (κ2) is 12.7. The number of hydrogen-bond acceptors (Lipinski definition) is 6. The number of imide groups is 1. The number of rotatable bonds is 8. The summed E-state index contributed by atoms with van der Waals surface area (Å²) in [6.07, 6.45) is 1.30. The monoisotopic (exact) mass is 570 g/mol. The van der Waals surface area contributed by atoms with Crippen molar-refractivity contribution in [3.05, 3.63) is 58.6 Å². The molecule has 5 amide bonds. The maximum absolute atomic E-state index is 13.4. The highest BCUT2D eigenvalue weighted by molar-refractivity contribution is 6.33. The van der Waals surface area contributed by atoms with Gasteiger partial charge in [-0.15, -0.1) is 0 Å². The van der Waals surface area contributed by atoms with Crippen LogP contribution in [0.15, 0.2) is 42.5 Å². The normalized spacial score (nSPS) is 20.6. The van der Waals surface area contributed by atoms with Crippen molar-refractivity contribution in [3.63, 3.8) is 0 Å². The van der Waals surface area contributed by atoms with Crippen molar-refractivity contribution in [3.8, 4) is 11.1 Å². The van der Waals surface area contributed by atoms with Gasteiger partial charge >= 0.3 is 12.1 Å². The molecule has 0 radical (unpaired) electrons. The van der Waals surface area contributed by atoms with E-state index < -0.39 is 29.7 Å². The van der Waals surface area contributed by atoms with Gasteiger partial charge in [-0.2, -0.15) is 0 Å². The average Bonchev–Trinajstić information content (AvgIpc) is 2.94. The molecule has 10 nitrogen and oxygen atoms in total. The van der Waals surface area contributed by atoms with Crippen LogP contribution in [0.25, 0.3) is 11.1 Å². The third-order valence-corrected chi connectivity index (χ3v) is 7.95. The lowest BCUT2D eigenvalue weighted by Crippen LogP contribution is -2.60. The zero-order chi connectivity index (χ0) is 28.9.